The van der Waals surface area contributed by atoms with Crippen molar-refractivity contribution in [3.8, 4) is 5.69 Å². The van der Waals surface area contributed by atoms with Crippen molar-refractivity contribution in [1.29, 1.82) is 0 Å². The van der Waals surface area contributed by atoms with Crippen LogP contribution in [0.15, 0.2) is 67.0 Å². The fourth-order valence-electron chi connectivity index (χ4n) is 2.30. The Morgan fingerprint density at radius 1 is 1.12 bits per heavy atom. The van der Waals surface area contributed by atoms with Crippen molar-refractivity contribution in [1.82, 2.24) is 15.1 Å². The molecule has 0 saturated heterocycles. The molecule has 128 valence electrons. The minimum absolute atomic E-state index is 0.159. The van der Waals surface area contributed by atoms with Gasteiger partial charge in [-0.25, -0.2) is 9.07 Å². The lowest BCUT2D eigenvalue weighted by Gasteiger charge is -2.05. The van der Waals surface area contributed by atoms with Crippen LogP contribution in [0.3, 0.4) is 0 Å². The van der Waals surface area contributed by atoms with Crippen LogP contribution in [0, 0.1) is 5.82 Å². The first kappa shape index (κ1) is 17.2. The van der Waals surface area contributed by atoms with E-state index in [0.29, 0.717) is 29.2 Å². The number of hydrogen-bond donors (Lipinski definition) is 1. The molecule has 0 bridgehead atoms. The lowest BCUT2D eigenvalue weighted by molar-refractivity contribution is 0.0956. The van der Waals surface area contributed by atoms with Gasteiger partial charge in [0.2, 0.25) is 0 Å². The minimum Gasteiger partial charge on any atom is -0.351 e. The molecule has 1 N–H and O–H groups in total. The van der Waals surface area contributed by atoms with Crippen molar-refractivity contribution >= 4 is 17.7 Å². The van der Waals surface area contributed by atoms with Gasteiger partial charge in [0, 0.05) is 24.2 Å². The summed E-state index contributed by atoms with van der Waals surface area (Å²) >= 11 is 1.58. The topological polar surface area (TPSA) is 46.9 Å². The van der Waals surface area contributed by atoms with Gasteiger partial charge in [-0.05, 0) is 23.8 Å². The Morgan fingerprint density at radius 2 is 1.88 bits per heavy atom. The molecule has 0 atom stereocenters. The van der Waals surface area contributed by atoms with E-state index in [-0.39, 0.29) is 11.7 Å². The Balaban J connectivity index is 1.44. The van der Waals surface area contributed by atoms with Gasteiger partial charge in [0.25, 0.3) is 5.91 Å². The van der Waals surface area contributed by atoms with E-state index >= 15 is 0 Å². The molecule has 2 aromatic carbocycles. The molecule has 25 heavy (non-hydrogen) atoms. The van der Waals surface area contributed by atoms with Crippen molar-refractivity contribution in [2.75, 3.05) is 12.3 Å². The molecule has 0 aliphatic rings. The molecule has 0 aliphatic carbocycles. The minimum atomic E-state index is -0.188. The predicted molar refractivity (Wildman–Crippen MR) is 98.5 cm³/mol. The monoisotopic (exact) mass is 355 g/mol. The molecule has 0 spiro atoms. The summed E-state index contributed by atoms with van der Waals surface area (Å²) in [4.78, 5) is 12.1. The molecule has 0 fully saturated rings. The van der Waals surface area contributed by atoms with Crippen molar-refractivity contribution < 1.29 is 9.18 Å². The number of nitrogens with one attached hydrogen (secondary N) is 1. The number of amides is 1. The molecule has 0 aliphatic heterocycles. The second kappa shape index (κ2) is 8.48. The van der Waals surface area contributed by atoms with Gasteiger partial charge < -0.3 is 5.32 Å². The van der Waals surface area contributed by atoms with Gasteiger partial charge in [-0.3, -0.25) is 4.79 Å². The summed E-state index contributed by atoms with van der Waals surface area (Å²) in [7, 11) is 0. The zero-order valence-corrected chi connectivity index (χ0v) is 14.4. The maximum atomic E-state index is 13.5. The summed E-state index contributed by atoms with van der Waals surface area (Å²) < 4.78 is 15.2. The van der Waals surface area contributed by atoms with Gasteiger partial charge in [-0.15, -0.1) is 0 Å². The lowest BCUT2D eigenvalue weighted by atomic mass is 10.2. The van der Waals surface area contributed by atoms with E-state index in [9.17, 15) is 9.18 Å². The van der Waals surface area contributed by atoms with Crippen LogP contribution in [0.25, 0.3) is 5.69 Å². The van der Waals surface area contributed by atoms with Gasteiger partial charge in [0.1, 0.15) is 5.82 Å². The highest BCUT2D eigenvalue weighted by Gasteiger charge is 2.09. The van der Waals surface area contributed by atoms with E-state index in [0.717, 1.165) is 5.69 Å². The molecule has 3 rings (SSSR count). The van der Waals surface area contributed by atoms with Crippen LogP contribution in [0.2, 0.25) is 0 Å². The third kappa shape index (κ3) is 4.70. The second-order valence-electron chi connectivity index (χ2n) is 5.41. The second-order valence-corrected chi connectivity index (χ2v) is 6.51. The van der Waals surface area contributed by atoms with Gasteiger partial charge in [0.15, 0.2) is 0 Å². The average Bonchev–Trinajstić information content (AvgIpc) is 3.14. The van der Waals surface area contributed by atoms with Crippen LogP contribution in [-0.4, -0.2) is 28.0 Å². The summed E-state index contributed by atoms with van der Waals surface area (Å²) in [5, 5.41) is 7.07. The summed E-state index contributed by atoms with van der Waals surface area (Å²) in [5.41, 5.74) is 2.10. The largest absolute Gasteiger partial charge is 0.351 e. The molecule has 3 aromatic rings. The van der Waals surface area contributed by atoms with Gasteiger partial charge in [-0.1, -0.05) is 36.4 Å². The fourth-order valence-corrected chi connectivity index (χ4v) is 3.14. The van der Waals surface area contributed by atoms with E-state index in [1.165, 1.54) is 6.07 Å². The number of carbonyl (C=O) groups is 1. The Labute approximate surface area is 150 Å². The Morgan fingerprint density at radius 3 is 2.68 bits per heavy atom. The summed E-state index contributed by atoms with van der Waals surface area (Å²) in [5.74, 6) is 0.961. The fraction of sp³-hybridized carbons (Fsp3) is 0.158. The predicted octanol–water partition coefficient (Wildman–Crippen LogP) is 3.67. The number of rotatable bonds is 7. The third-order valence-electron chi connectivity index (χ3n) is 3.61. The Bertz CT molecular complexity index is 835. The van der Waals surface area contributed by atoms with E-state index in [4.69, 9.17) is 0 Å². The van der Waals surface area contributed by atoms with Crippen molar-refractivity contribution in [2.24, 2.45) is 0 Å². The quantitative estimate of drug-likeness (QED) is 0.658. The molecular weight excluding hydrogens is 337 g/mol. The number of nitrogens with zero attached hydrogens (tertiary/aromatic N) is 2. The molecule has 0 unspecified atom stereocenters. The first-order valence-corrected chi connectivity index (χ1v) is 9.09. The molecule has 0 radical (unpaired) electrons. The number of aromatic nitrogens is 2. The molecule has 4 nitrogen and oxygen atoms in total. The highest BCUT2D eigenvalue weighted by atomic mass is 32.2. The van der Waals surface area contributed by atoms with E-state index in [1.54, 1.807) is 41.0 Å². The van der Waals surface area contributed by atoms with Crippen LogP contribution in [0.4, 0.5) is 4.39 Å². The van der Waals surface area contributed by atoms with Crippen LogP contribution in [-0.2, 0) is 5.75 Å². The number of carbonyl (C=O) groups excluding carboxylic acids is 1. The number of hydrogen-bond acceptors (Lipinski definition) is 3. The molecule has 1 heterocycles. The van der Waals surface area contributed by atoms with Gasteiger partial charge in [-0.2, -0.15) is 16.9 Å². The van der Waals surface area contributed by atoms with Crippen LogP contribution >= 0.6 is 11.8 Å². The molecular formula is C19H18FN3OS. The summed E-state index contributed by atoms with van der Waals surface area (Å²) in [6.07, 6.45) is 3.26. The molecule has 1 amide bonds. The zero-order chi connectivity index (χ0) is 17.5. The summed E-state index contributed by atoms with van der Waals surface area (Å²) in [6.45, 7) is 0.522. The lowest BCUT2D eigenvalue weighted by Crippen LogP contribution is -2.25. The molecule has 0 saturated carbocycles. The van der Waals surface area contributed by atoms with E-state index in [2.05, 4.69) is 10.4 Å². The van der Waals surface area contributed by atoms with Crippen LogP contribution in [0.1, 0.15) is 15.9 Å². The summed E-state index contributed by atoms with van der Waals surface area (Å²) in [6, 6.07) is 16.4. The SMILES string of the molecule is O=C(NCCSCc1ccccc1F)c1cnn(-c2ccccc2)c1. The van der Waals surface area contributed by atoms with Crippen LogP contribution in [0.5, 0.6) is 0 Å². The first-order valence-electron chi connectivity index (χ1n) is 7.93. The number of halogens is 1. The number of thioether (sulfide) groups is 1. The standard InChI is InChI=1S/C19H18FN3OS/c20-18-9-5-4-6-15(18)14-25-11-10-21-19(24)16-12-22-23(13-16)17-7-2-1-3-8-17/h1-9,12-13H,10-11,14H2,(H,21,24). The van der Waals surface area contributed by atoms with Crippen LogP contribution < -0.4 is 5.32 Å². The number of para-hydroxylation sites is 1. The first-order chi connectivity index (χ1) is 12.2. The Kier molecular flexibility index (Phi) is 5.85. The molecule has 1 aromatic heterocycles. The van der Waals surface area contributed by atoms with Gasteiger partial charge >= 0.3 is 0 Å². The zero-order valence-electron chi connectivity index (χ0n) is 13.6. The van der Waals surface area contributed by atoms with Crippen molar-refractivity contribution in [3.05, 3.63) is 83.9 Å². The van der Waals surface area contributed by atoms with Gasteiger partial charge in [0.05, 0.1) is 17.4 Å². The smallest absolute Gasteiger partial charge is 0.254 e. The maximum absolute atomic E-state index is 13.5. The van der Waals surface area contributed by atoms with E-state index in [1.807, 2.05) is 36.4 Å². The molecule has 6 heteroatoms. The highest BCUT2D eigenvalue weighted by Crippen LogP contribution is 2.14. The maximum Gasteiger partial charge on any atom is 0.254 e. The average molecular weight is 355 g/mol. The highest BCUT2D eigenvalue weighted by molar-refractivity contribution is 7.98. The normalized spacial score (nSPS) is 10.6. The Hall–Kier alpha value is -2.60. The van der Waals surface area contributed by atoms with Crippen molar-refractivity contribution in [2.45, 2.75) is 5.75 Å². The number of benzene rings is 2. The third-order valence-corrected chi connectivity index (χ3v) is 4.62. The van der Waals surface area contributed by atoms with E-state index < -0.39 is 0 Å². The van der Waals surface area contributed by atoms with Crippen molar-refractivity contribution in [3.63, 3.8) is 0 Å².